The molecule has 0 aliphatic carbocycles. The average molecular weight is 589 g/mol. The van der Waals surface area contributed by atoms with Crippen molar-refractivity contribution >= 4 is 50.7 Å². The highest BCUT2D eigenvalue weighted by molar-refractivity contribution is 7.92. The van der Waals surface area contributed by atoms with Gasteiger partial charge in [0, 0.05) is 34.3 Å². The zero-order chi connectivity index (χ0) is 28.6. The summed E-state index contributed by atoms with van der Waals surface area (Å²) in [6.45, 7) is 4.87. The van der Waals surface area contributed by atoms with Crippen LogP contribution in [0.1, 0.15) is 39.2 Å². The largest absolute Gasteiger partial charge is 0.497 e. The van der Waals surface area contributed by atoms with Gasteiger partial charge in [-0.25, -0.2) is 8.42 Å². The number of nitrogens with one attached hydrogen (secondary N) is 1. The van der Waals surface area contributed by atoms with Crippen molar-refractivity contribution in [3.63, 3.8) is 0 Å². The number of hydrogen-bond acceptors (Lipinski definition) is 6. The predicted molar refractivity (Wildman–Crippen MR) is 151 cm³/mol. The molecule has 0 spiro atoms. The normalized spacial score (nSPS) is 12.8. The topological polar surface area (TPSA) is 105 Å². The quantitative estimate of drug-likeness (QED) is 0.370. The summed E-state index contributed by atoms with van der Waals surface area (Å²) in [5.41, 5.74) is 0.569. The van der Waals surface area contributed by atoms with E-state index in [1.54, 1.807) is 37.3 Å². The number of carbonyl (C=O) groups is 2. The summed E-state index contributed by atoms with van der Waals surface area (Å²) in [5.74, 6) is -0.377. The third kappa shape index (κ3) is 7.91. The van der Waals surface area contributed by atoms with Crippen LogP contribution in [0.2, 0.25) is 10.0 Å². The number of rotatable bonds is 13. The number of hydrogen-bond donors (Lipinski definition) is 1. The van der Waals surface area contributed by atoms with Crippen molar-refractivity contribution in [1.29, 1.82) is 0 Å². The van der Waals surface area contributed by atoms with Crippen LogP contribution < -0.4 is 19.1 Å². The molecular weight excluding hydrogens is 553 g/mol. The average Bonchev–Trinajstić information content (AvgIpc) is 2.87. The molecule has 2 rings (SSSR count). The van der Waals surface area contributed by atoms with E-state index in [1.807, 2.05) is 13.8 Å². The van der Waals surface area contributed by atoms with E-state index in [2.05, 4.69) is 5.32 Å². The molecular formula is C26H35Cl2N3O6S. The number of methoxy groups -OCH3 is 2. The first-order valence-electron chi connectivity index (χ1n) is 12.1. The Morgan fingerprint density at radius 3 is 2.16 bits per heavy atom. The van der Waals surface area contributed by atoms with Crippen molar-refractivity contribution in [2.75, 3.05) is 31.3 Å². The summed E-state index contributed by atoms with van der Waals surface area (Å²) in [4.78, 5) is 28.5. The van der Waals surface area contributed by atoms with Gasteiger partial charge >= 0.3 is 0 Å². The van der Waals surface area contributed by atoms with Gasteiger partial charge in [0.1, 0.15) is 24.1 Å². The molecule has 0 aliphatic heterocycles. The van der Waals surface area contributed by atoms with Crippen LogP contribution in [0.25, 0.3) is 0 Å². The first-order chi connectivity index (χ1) is 17.9. The second kappa shape index (κ2) is 13.9. The van der Waals surface area contributed by atoms with E-state index in [0.717, 1.165) is 10.6 Å². The third-order valence-corrected chi connectivity index (χ3v) is 7.95. The molecule has 0 aliphatic rings. The molecule has 0 fully saturated rings. The van der Waals surface area contributed by atoms with Crippen LogP contribution in [-0.2, 0) is 26.2 Å². The van der Waals surface area contributed by atoms with Gasteiger partial charge in [-0.05, 0) is 44.0 Å². The molecule has 2 atom stereocenters. The molecule has 2 amide bonds. The highest BCUT2D eigenvalue weighted by Gasteiger charge is 2.33. The number of halogens is 2. The van der Waals surface area contributed by atoms with Crippen molar-refractivity contribution in [3.05, 3.63) is 52.0 Å². The molecule has 0 aromatic heterocycles. The highest BCUT2D eigenvalue weighted by Crippen LogP contribution is 2.34. The van der Waals surface area contributed by atoms with Gasteiger partial charge in [0.25, 0.3) is 0 Å². The molecule has 0 bridgehead atoms. The fourth-order valence-corrected chi connectivity index (χ4v) is 5.16. The van der Waals surface area contributed by atoms with Gasteiger partial charge in [0.2, 0.25) is 21.8 Å². The van der Waals surface area contributed by atoms with E-state index in [4.69, 9.17) is 32.7 Å². The van der Waals surface area contributed by atoms with E-state index in [9.17, 15) is 18.0 Å². The Kier molecular flexibility index (Phi) is 11.5. The van der Waals surface area contributed by atoms with Crippen LogP contribution in [-0.4, -0.2) is 64.2 Å². The molecule has 38 heavy (non-hydrogen) atoms. The molecule has 0 radical (unpaired) electrons. The number of nitrogens with zero attached hydrogens (tertiary/aromatic N) is 2. The van der Waals surface area contributed by atoms with Crippen LogP contribution in [0.15, 0.2) is 36.4 Å². The maximum absolute atomic E-state index is 13.9. The number of ether oxygens (including phenoxy) is 2. The Morgan fingerprint density at radius 1 is 1.03 bits per heavy atom. The van der Waals surface area contributed by atoms with Crippen LogP contribution in [0.4, 0.5) is 5.69 Å². The number of benzene rings is 2. The smallest absolute Gasteiger partial charge is 0.244 e. The summed E-state index contributed by atoms with van der Waals surface area (Å²) in [6.07, 6.45) is 1.96. The van der Waals surface area contributed by atoms with Crippen LogP contribution in [0.5, 0.6) is 11.5 Å². The SMILES string of the molecule is CC[C@@H](C)NC(=O)[C@@H](CC)N(Cc1c(Cl)cccc1Cl)C(=O)CN(c1cc(OC)ccc1OC)S(C)(=O)=O. The van der Waals surface area contributed by atoms with Gasteiger partial charge in [-0.2, -0.15) is 0 Å². The maximum atomic E-state index is 13.9. The molecule has 0 saturated heterocycles. The van der Waals surface area contributed by atoms with E-state index in [0.29, 0.717) is 27.8 Å². The fourth-order valence-electron chi connectivity index (χ4n) is 3.80. The molecule has 12 heteroatoms. The highest BCUT2D eigenvalue weighted by atomic mass is 35.5. The number of carbonyl (C=O) groups excluding carboxylic acids is 2. The Balaban J connectivity index is 2.59. The van der Waals surface area contributed by atoms with Crippen molar-refractivity contribution in [1.82, 2.24) is 10.2 Å². The van der Waals surface area contributed by atoms with Gasteiger partial charge in [-0.15, -0.1) is 0 Å². The lowest BCUT2D eigenvalue weighted by atomic mass is 10.1. The summed E-state index contributed by atoms with van der Waals surface area (Å²) in [5, 5.41) is 3.55. The van der Waals surface area contributed by atoms with Crippen molar-refractivity contribution in [2.45, 2.75) is 52.2 Å². The predicted octanol–water partition coefficient (Wildman–Crippen LogP) is 4.50. The molecule has 0 heterocycles. The Labute approximate surface area is 235 Å². The molecule has 1 N–H and O–H groups in total. The fraction of sp³-hybridized carbons (Fsp3) is 0.462. The first kappa shape index (κ1) is 31.5. The van der Waals surface area contributed by atoms with Gasteiger partial charge in [0.15, 0.2) is 0 Å². The zero-order valence-electron chi connectivity index (χ0n) is 22.5. The van der Waals surface area contributed by atoms with E-state index in [-0.39, 0.29) is 36.4 Å². The Morgan fingerprint density at radius 2 is 1.66 bits per heavy atom. The number of sulfonamides is 1. The second-order valence-corrected chi connectivity index (χ2v) is 11.5. The Hall–Kier alpha value is -2.69. The van der Waals surface area contributed by atoms with Gasteiger partial charge < -0.3 is 19.7 Å². The van der Waals surface area contributed by atoms with E-state index in [1.165, 1.54) is 25.2 Å². The summed E-state index contributed by atoms with van der Waals surface area (Å²) >= 11 is 12.8. The molecule has 2 aromatic carbocycles. The molecule has 0 saturated carbocycles. The van der Waals surface area contributed by atoms with Crippen LogP contribution >= 0.6 is 23.2 Å². The molecule has 9 nitrogen and oxygen atoms in total. The maximum Gasteiger partial charge on any atom is 0.244 e. The van der Waals surface area contributed by atoms with Gasteiger partial charge in [0.05, 0.1) is 26.2 Å². The lowest BCUT2D eigenvalue weighted by molar-refractivity contribution is -0.140. The molecule has 210 valence electrons. The molecule has 2 aromatic rings. The summed E-state index contributed by atoms with van der Waals surface area (Å²) < 4.78 is 37.4. The first-order valence-corrected chi connectivity index (χ1v) is 14.7. The summed E-state index contributed by atoms with van der Waals surface area (Å²) in [6, 6.07) is 8.55. The zero-order valence-corrected chi connectivity index (χ0v) is 24.8. The minimum Gasteiger partial charge on any atom is -0.497 e. The third-order valence-electron chi connectivity index (χ3n) is 6.11. The van der Waals surface area contributed by atoms with Gasteiger partial charge in [-0.3, -0.25) is 13.9 Å². The second-order valence-electron chi connectivity index (χ2n) is 8.77. The van der Waals surface area contributed by atoms with E-state index < -0.39 is 28.5 Å². The standard InChI is InChI=1S/C26H35Cl2N3O6S/c1-7-17(3)29-26(33)22(8-2)30(15-19-20(27)10-9-11-21(19)28)25(32)16-31(38(6,34)35)23-14-18(36-4)12-13-24(23)37-5/h9-14,17,22H,7-8,15-16H2,1-6H3,(H,29,33)/t17-,22-/m1/s1. The lowest BCUT2D eigenvalue weighted by Crippen LogP contribution is -2.53. The number of anilines is 1. The van der Waals surface area contributed by atoms with Crippen molar-refractivity contribution in [3.8, 4) is 11.5 Å². The molecule has 0 unspecified atom stereocenters. The van der Waals surface area contributed by atoms with Crippen molar-refractivity contribution in [2.24, 2.45) is 0 Å². The minimum atomic E-state index is -3.97. The lowest BCUT2D eigenvalue weighted by Gasteiger charge is -2.34. The monoisotopic (exact) mass is 587 g/mol. The van der Waals surface area contributed by atoms with Gasteiger partial charge in [-0.1, -0.05) is 43.1 Å². The Bertz CT molecular complexity index is 1220. The minimum absolute atomic E-state index is 0.101. The van der Waals surface area contributed by atoms with Crippen molar-refractivity contribution < 1.29 is 27.5 Å². The summed E-state index contributed by atoms with van der Waals surface area (Å²) in [7, 11) is -1.13. The van der Waals surface area contributed by atoms with E-state index >= 15 is 0 Å². The number of amides is 2. The van der Waals surface area contributed by atoms with Crippen LogP contribution in [0.3, 0.4) is 0 Å². The van der Waals surface area contributed by atoms with Crippen LogP contribution in [0, 0.1) is 0 Å².